The third kappa shape index (κ3) is 3.46. The van der Waals surface area contributed by atoms with Crippen molar-refractivity contribution in [2.75, 3.05) is 20.7 Å². The lowest BCUT2D eigenvalue weighted by molar-refractivity contribution is -0.174. The average molecular weight is 364 g/mol. The molecule has 2 amide bonds. The van der Waals surface area contributed by atoms with Gasteiger partial charge >= 0.3 is 0 Å². The highest BCUT2D eigenvalue weighted by Crippen LogP contribution is 2.33. The van der Waals surface area contributed by atoms with Gasteiger partial charge in [0.2, 0.25) is 5.91 Å². The summed E-state index contributed by atoms with van der Waals surface area (Å²) in [5.41, 5.74) is 0.928. The molecule has 1 fully saturated rings. The van der Waals surface area contributed by atoms with Crippen LogP contribution in [0.3, 0.4) is 0 Å². The minimum Gasteiger partial charge on any atom is -0.392 e. The fourth-order valence-electron chi connectivity index (χ4n) is 3.98. The molecule has 142 valence electrons. The Morgan fingerprint density at radius 1 is 1.35 bits per heavy atom. The van der Waals surface area contributed by atoms with Gasteiger partial charge in [0, 0.05) is 31.6 Å². The van der Waals surface area contributed by atoms with Crippen molar-refractivity contribution in [3.8, 4) is 0 Å². The zero-order valence-corrected chi connectivity index (χ0v) is 15.2. The molecule has 1 aliphatic heterocycles. The van der Waals surface area contributed by atoms with Crippen LogP contribution in [0.4, 0.5) is 4.39 Å². The number of hydrogen-bond acceptors (Lipinski definition) is 4. The van der Waals surface area contributed by atoms with E-state index in [1.807, 2.05) is 0 Å². The molecule has 0 aromatic heterocycles. The summed E-state index contributed by atoms with van der Waals surface area (Å²) in [5.74, 6) is -0.633. The van der Waals surface area contributed by atoms with E-state index in [9.17, 15) is 19.1 Å². The first-order chi connectivity index (χ1) is 12.5. The second-order valence-electron chi connectivity index (χ2n) is 7.15. The van der Waals surface area contributed by atoms with Gasteiger partial charge in [-0.15, -0.1) is 0 Å². The van der Waals surface area contributed by atoms with Crippen molar-refractivity contribution in [3.63, 3.8) is 0 Å². The molecule has 1 aromatic carbocycles. The number of carbonyl (C=O) groups is 2. The molecular weight excluding hydrogens is 339 g/mol. The lowest BCUT2D eigenvalue weighted by Gasteiger charge is -2.31. The Kier molecular flexibility index (Phi) is 5.58. The number of aliphatic hydroxyl groups excluding tert-OH is 1. The zero-order valence-electron chi connectivity index (χ0n) is 15.2. The van der Waals surface area contributed by atoms with Crippen LogP contribution in [0.15, 0.2) is 12.1 Å². The second kappa shape index (κ2) is 7.72. The molecule has 0 bridgehead atoms. The maximum absolute atomic E-state index is 14.4. The first kappa shape index (κ1) is 18.8. The van der Waals surface area contributed by atoms with E-state index in [0.717, 1.165) is 25.7 Å². The van der Waals surface area contributed by atoms with E-state index in [1.54, 1.807) is 18.0 Å². The molecule has 1 heterocycles. The van der Waals surface area contributed by atoms with Crippen molar-refractivity contribution in [2.45, 2.75) is 38.8 Å². The van der Waals surface area contributed by atoms with Gasteiger partial charge in [0.05, 0.1) is 19.3 Å². The van der Waals surface area contributed by atoms with Crippen LogP contribution in [0.5, 0.6) is 0 Å². The number of benzene rings is 1. The Labute approximate surface area is 152 Å². The highest BCUT2D eigenvalue weighted by molar-refractivity contribution is 5.98. The molecule has 0 radical (unpaired) electrons. The number of hydroxylamine groups is 2. The van der Waals surface area contributed by atoms with Crippen LogP contribution in [0.25, 0.3) is 0 Å². The Balaban J connectivity index is 1.59. The summed E-state index contributed by atoms with van der Waals surface area (Å²) in [7, 11) is 3.09. The summed E-state index contributed by atoms with van der Waals surface area (Å²) in [6, 6.07) is 3.26. The van der Waals surface area contributed by atoms with Crippen LogP contribution in [0.2, 0.25) is 0 Å². The van der Waals surface area contributed by atoms with Gasteiger partial charge < -0.3 is 10.0 Å². The summed E-state index contributed by atoms with van der Waals surface area (Å²) in [6.45, 7) is 0.560. The van der Waals surface area contributed by atoms with E-state index in [1.165, 1.54) is 18.2 Å². The normalized spacial score (nSPS) is 22.5. The van der Waals surface area contributed by atoms with Crippen LogP contribution < -0.4 is 0 Å². The Bertz CT molecular complexity index is 701. The quantitative estimate of drug-likeness (QED) is 0.813. The van der Waals surface area contributed by atoms with E-state index in [4.69, 9.17) is 4.84 Å². The van der Waals surface area contributed by atoms with E-state index in [0.29, 0.717) is 24.6 Å². The molecule has 1 aromatic rings. The van der Waals surface area contributed by atoms with Crippen molar-refractivity contribution in [1.82, 2.24) is 9.96 Å². The molecule has 6 nitrogen and oxygen atoms in total. The molecule has 26 heavy (non-hydrogen) atoms. The predicted molar refractivity (Wildman–Crippen MR) is 92.3 cm³/mol. The molecule has 1 N–H and O–H groups in total. The largest absolute Gasteiger partial charge is 0.392 e. The Morgan fingerprint density at radius 3 is 2.65 bits per heavy atom. The zero-order chi connectivity index (χ0) is 18.8. The van der Waals surface area contributed by atoms with Crippen LogP contribution in [0.1, 0.15) is 47.2 Å². The van der Waals surface area contributed by atoms with Crippen LogP contribution in [0, 0.1) is 17.7 Å². The standard InChI is InChI=1S/C19H25FN2O4/c1-21(26-2)18(24)13-5-3-12(4-6-13)9-22-10-14-7-8-15(11-23)17(20)16(14)19(22)25/h7-8,12-13,23H,3-6,9-11H2,1-2H3. The molecule has 0 atom stereocenters. The third-order valence-electron chi connectivity index (χ3n) is 5.60. The van der Waals surface area contributed by atoms with Gasteiger partial charge in [0.15, 0.2) is 0 Å². The first-order valence-electron chi connectivity index (χ1n) is 8.98. The Hall–Kier alpha value is -1.99. The lowest BCUT2D eigenvalue weighted by Crippen LogP contribution is -2.37. The number of amides is 2. The van der Waals surface area contributed by atoms with Crippen molar-refractivity contribution >= 4 is 11.8 Å². The van der Waals surface area contributed by atoms with Gasteiger partial charge in [-0.3, -0.25) is 14.4 Å². The number of aliphatic hydroxyl groups is 1. The minimum absolute atomic E-state index is 0.00536. The van der Waals surface area contributed by atoms with Gasteiger partial charge in [-0.05, 0) is 37.2 Å². The maximum atomic E-state index is 14.4. The highest BCUT2D eigenvalue weighted by atomic mass is 19.1. The number of fused-ring (bicyclic) bond motifs is 1. The van der Waals surface area contributed by atoms with Crippen molar-refractivity contribution in [1.29, 1.82) is 0 Å². The second-order valence-corrected chi connectivity index (χ2v) is 7.15. The molecule has 3 rings (SSSR count). The summed E-state index contributed by atoms with van der Waals surface area (Å²) < 4.78 is 14.4. The van der Waals surface area contributed by atoms with Gasteiger partial charge in [-0.2, -0.15) is 0 Å². The van der Waals surface area contributed by atoms with Gasteiger partial charge in [0.1, 0.15) is 5.82 Å². The molecule has 1 saturated carbocycles. The van der Waals surface area contributed by atoms with E-state index >= 15 is 0 Å². The maximum Gasteiger partial charge on any atom is 0.257 e. The molecular formula is C19H25FN2O4. The summed E-state index contributed by atoms with van der Waals surface area (Å²) in [5, 5.41) is 10.5. The lowest BCUT2D eigenvalue weighted by atomic mass is 9.81. The van der Waals surface area contributed by atoms with Gasteiger partial charge in [-0.1, -0.05) is 12.1 Å². The molecule has 1 aliphatic carbocycles. The summed E-state index contributed by atoms with van der Waals surface area (Å²) >= 11 is 0. The van der Waals surface area contributed by atoms with E-state index < -0.39 is 12.4 Å². The SMILES string of the molecule is CON(C)C(=O)C1CCC(CN2Cc3ccc(CO)c(F)c3C2=O)CC1. The summed E-state index contributed by atoms with van der Waals surface area (Å²) in [6.07, 6.45) is 3.27. The van der Waals surface area contributed by atoms with E-state index in [-0.39, 0.29) is 28.9 Å². The fourth-order valence-corrected chi connectivity index (χ4v) is 3.98. The smallest absolute Gasteiger partial charge is 0.257 e. The van der Waals surface area contributed by atoms with Crippen molar-refractivity contribution < 1.29 is 23.9 Å². The third-order valence-corrected chi connectivity index (χ3v) is 5.60. The number of nitrogens with zero attached hydrogens (tertiary/aromatic N) is 2. The predicted octanol–water partition coefficient (Wildman–Crippen LogP) is 2.10. The molecule has 7 heteroatoms. The van der Waals surface area contributed by atoms with Crippen molar-refractivity contribution in [3.05, 3.63) is 34.6 Å². The number of rotatable bonds is 5. The number of carbonyl (C=O) groups excluding carboxylic acids is 2. The number of halogens is 1. The topological polar surface area (TPSA) is 70.1 Å². The van der Waals surface area contributed by atoms with Crippen LogP contribution >= 0.6 is 0 Å². The van der Waals surface area contributed by atoms with Crippen LogP contribution in [-0.4, -0.2) is 47.6 Å². The van der Waals surface area contributed by atoms with Crippen molar-refractivity contribution in [2.24, 2.45) is 11.8 Å². The van der Waals surface area contributed by atoms with Gasteiger partial charge in [0.25, 0.3) is 5.91 Å². The monoisotopic (exact) mass is 364 g/mol. The highest BCUT2D eigenvalue weighted by Gasteiger charge is 2.35. The first-order valence-corrected chi connectivity index (χ1v) is 8.98. The average Bonchev–Trinajstić information content (AvgIpc) is 2.97. The molecule has 0 saturated heterocycles. The minimum atomic E-state index is -0.602. The summed E-state index contributed by atoms with van der Waals surface area (Å²) in [4.78, 5) is 31.4. The fraction of sp³-hybridized carbons (Fsp3) is 0.579. The molecule has 0 spiro atoms. The van der Waals surface area contributed by atoms with Gasteiger partial charge in [-0.25, -0.2) is 9.45 Å². The van der Waals surface area contributed by atoms with E-state index in [2.05, 4.69) is 0 Å². The molecule has 0 unspecified atom stereocenters. The molecule has 2 aliphatic rings. The Morgan fingerprint density at radius 2 is 2.04 bits per heavy atom. The van der Waals surface area contributed by atoms with Crippen LogP contribution in [-0.2, 0) is 22.8 Å². The number of hydrogen-bond donors (Lipinski definition) is 1.